The molecular weight excluding hydrogens is 268 g/mol. The van der Waals surface area contributed by atoms with E-state index in [9.17, 15) is 20.4 Å². The van der Waals surface area contributed by atoms with Crippen molar-refractivity contribution in [1.82, 2.24) is 0 Å². The fraction of sp³-hybridized carbons (Fsp3) is 0.538. The Bertz CT molecular complexity index is 421. The van der Waals surface area contributed by atoms with E-state index in [1.54, 1.807) is 12.1 Å². The Kier molecular flexibility index (Phi) is 4.92. The fourth-order valence-electron chi connectivity index (χ4n) is 2.07. The number of aliphatic hydroxyl groups excluding tert-OH is 4. The van der Waals surface area contributed by atoms with Crippen molar-refractivity contribution < 1.29 is 35.0 Å². The zero-order valence-electron chi connectivity index (χ0n) is 10.7. The van der Waals surface area contributed by atoms with Crippen molar-refractivity contribution in [2.75, 3.05) is 13.2 Å². The van der Waals surface area contributed by atoms with E-state index < -0.39 is 43.9 Å². The smallest absolute Gasteiger partial charge is 0.184 e. The number of aliphatic hydroxyl groups is 4. The lowest BCUT2D eigenvalue weighted by molar-refractivity contribution is -0.310. The highest BCUT2D eigenvalue weighted by molar-refractivity contribution is 5.26. The van der Waals surface area contributed by atoms with Crippen LogP contribution in [0.3, 0.4) is 0 Å². The van der Waals surface area contributed by atoms with Gasteiger partial charge in [0, 0.05) is 5.56 Å². The average Bonchev–Trinajstić information content (AvgIpc) is 2.47. The summed E-state index contributed by atoms with van der Waals surface area (Å²) in [4.78, 5) is 0. The summed E-state index contributed by atoms with van der Waals surface area (Å²) in [6.07, 6.45) is -5.47. The first-order valence-electron chi connectivity index (χ1n) is 6.24. The number of aromatic hydroxyl groups is 1. The largest absolute Gasteiger partial charge is 0.508 e. The van der Waals surface area contributed by atoms with Crippen molar-refractivity contribution in [2.24, 2.45) is 0 Å². The van der Waals surface area contributed by atoms with Crippen molar-refractivity contribution in [3.63, 3.8) is 0 Å². The molecule has 5 N–H and O–H groups in total. The van der Waals surface area contributed by atoms with Crippen LogP contribution < -0.4 is 0 Å². The molecule has 0 spiro atoms. The molecule has 1 aliphatic rings. The summed E-state index contributed by atoms with van der Waals surface area (Å²) in [5, 5.41) is 47.0. The highest BCUT2D eigenvalue weighted by Gasteiger charge is 2.42. The van der Waals surface area contributed by atoms with Crippen LogP contribution in [0.5, 0.6) is 5.75 Å². The van der Waals surface area contributed by atoms with E-state index in [2.05, 4.69) is 0 Å². The molecule has 0 saturated carbocycles. The molecule has 20 heavy (non-hydrogen) atoms. The van der Waals surface area contributed by atoms with Gasteiger partial charge in [0.15, 0.2) is 6.29 Å². The van der Waals surface area contributed by atoms with Crippen LogP contribution in [0.2, 0.25) is 0 Å². The Morgan fingerprint density at radius 2 is 1.75 bits per heavy atom. The third kappa shape index (κ3) is 3.09. The second kappa shape index (κ2) is 6.49. The molecule has 5 atom stereocenters. The van der Waals surface area contributed by atoms with Gasteiger partial charge in [-0.15, -0.1) is 0 Å². The minimum absolute atomic E-state index is 0.0789. The first-order valence-corrected chi connectivity index (χ1v) is 6.24. The molecule has 1 unspecified atom stereocenters. The van der Waals surface area contributed by atoms with Gasteiger partial charge in [0.25, 0.3) is 0 Å². The summed E-state index contributed by atoms with van der Waals surface area (Å²) < 4.78 is 10.8. The lowest BCUT2D eigenvalue weighted by Crippen LogP contribution is -2.54. The number of hydrogen-bond donors (Lipinski definition) is 5. The van der Waals surface area contributed by atoms with Crippen molar-refractivity contribution in [3.05, 3.63) is 29.8 Å². The van der Waals surface area contributed by atoms with Crippen LogP contribution in [0.15, 0.2) is 24.3 Å². The van der Waals surface area contributed by atoms with Gasteiger partial charge in [-0.3, -0.25) is 0 Å². The number of phenolic OH excluding ortho intramolecular Hbond substituents is 1. The molecule has 1 fully saturated rings. The molecule has 2 rings (SSSR count). The number of benzene rings is 1. The predicted molar refractivity (Wildman–Crippen MR) is 66.8 cm³/mol. The standard InChI is InChI=1S/C13H18O7/c14-5-9(17)12-11(18)10(6-15)19-13(20-12)7-1-3-8(16)4-2-7/h1-4,9-18H,5-6H2/t9-,10+,11+,12+,13?/m0/s1. The molecular formula is C13H18O7. The molecule has 1 aliphatic heterocycles. The van der Waals surface area contributed by atoms with E-state index in [-0.39, 0.29) is 5.75 Å². The van der Waals surface area contributed by atoms with E-state index in [1.165, 1.54) is 12.1 Å². The van der Waals surface area contributed by atoms with Crippen LogP contribution in [-0.4, -0.2) is 63.2 Å². The van der Waals surface area contributed by atoms with Crippen LogP contribution in [-0.2, 0) is 9.47 Å². The van der Waals surface area contributed by atoms with E-state index in [4.69, 9.17) is 14.6 Å². The van der Waals surface area contributed by atoms with Gasteiger partial charge in [-0.2, -0.15) is 0 Å². The van der Waals surface area contributed by atoms with Gasteiger partial charge in [0.2, 0.25) is 0 Å². The molecule has 0 radical (unpaired) electrons. The summed E-state index contributed by atoms with van der Waals surface area (Å²) >= 11 is 0. The van der Waals surface area contributed by atoms with Crippen LogP contribution in [0.1, 0.15) is 11.9 Å². The fourth-order valence-corrected chi connectivity index (χ4v) is 2.07. The van der Waals surface area contributed by atoms with Crippen molar-refractivity contribution in [3.8, 4) is 5.75 Å². The highest BCUT2D eigenvalue weighted by atomic mass is 16.7. The molecule has 0 aliphatic carbocycles. The highest BCUT2D eigenvalue weighted by Crippen LogP contribution is 2.32. The molecule has 1 aromatic rings. The molecule has 0 bridgehead atoms. The number of hydrogen-bond acceptors (Lipinski definition) is 7. The van der Waals surface area contributed by atoms with Gasteiger partial charge < -0.3 is 35.0 Å². The second-order valence-corrected chi connectivity index (χ2v) is 4.62. The molecule has 1 saturated heterocycles. The van der Waals surface area contributed by atoms with Gasteiger partial charge in [-0.1, -0.05) is 12.1 Å². The molecule has 112 valence electrons. The van der Waals surface area contributed by atoms with Crippen molar-refractivity contribution in [1.29, 1.82) is 0 Å². The number of ether oxygens (including phenoxy) is 2. The Balaban J connectivity index is 2.19. The first kappa shape index (κ1) is 15.2. The summed E-state index contributed by atoms with van der Waals surface area (Å²) in [6, 6.07) is 6.01. The Hall–Kier alpha value is -1.22. The number of phenols is 1. The Morgan fingerprint density at radius 3 is 2.30 bits per heavy atom. The van der Waals surface area contributed by atoms with Crippen LogP contribution in [0, 0.1) is 0 Å². The van der Waals surface area contributed by atoms with Crippen LogP contribution >= 0.6 is 0 Å². The molecule has 7 nitrogen and oxygen atoms in total. The molecule has 7 heteroatoms. The zero-order valence-corrected chi connectivity index (χ0v) is 10.7. The number of rotatable bonds is 4. The van der Waals surface area contributed by atoms with Gasteiger partial charge in [-0.25, -0.2) is 0 Å². The first-order chi connectivity index (χ1) is 9.56. The second-order valence-electron chi connectivity index (χ2n) is 4.62. The maximum Gasteiger partial charge on any atom is 0.184 e. The Morgan fingerprint density at radius 1 is 1.10 bits per heavy atom. The summed E-state index contributed by atoms with van der Waals surface area (Å²) in [7, 11) is 0. The molecule has 1 heterocycles. The van der Waals surface area contributed by atoms with Crippen molar-refractivity contribution >= 4 is 0 Å². The van der Waals surface area contributed by atoms with Gasteiger partial charge in [0.05, 0.1) is 13.2 Å². The Labute approximate surface area is 115 Å². The van der Waals surface area contributed by atoms with Gasteiger partial charge in [0.1, 0.15) is 30.2 Å². The minimum Gasteiger partial charge on any atom is -0.508 e. The topological polar surface area (TPSA) is 120 Å². The molecule has 0 aromatic heterocycles. The predicted octanol–water partition coefficient (Wildman–Crippen LogP) is -1.12. The quantitative estimate of drug-likeness (QED) is 0.475. The zero-order chi connectivity index (χ0) is 14.7. The molecule has 0 amide bonds. The van der Waals surface area contributed by atoms with E-state index in [0.29, 0.717) is 5.56 Å². The maximum atomic E-state index is 9.92. The maximum absolute atomic E-state index is 9.92. The van der Waals surface area contributed by atoms with Crippen molar-refractivity contribution in [2.45, 2.75) is 30.7 Å². The van der Waals surface area contributed by atoms with Crippen LogP contribution in [0.4, 0.5) is 0 Å². The average molecular weight is 286 g/mol. The van der Waals surface area contributed by atoms with Gasteiger partial charge >= 0.3 is 0 Å². The molecule has 1 aromatic carbocycles. The normalized spacial score (nSPS) is 32.0. The van der Waals surface area contributed by atoms with Gasteiger partial charge in [-0.05, 0) is 12.1 Å². The minimum atomic E-state index is -1.29. The summed E-state index contributed by atoms with van der Waals surface area (Å²) in [5.41, 5.74) is 0.559. The third-order valence-corrected chi connectivity index (χ3v) is 3.21. The lowest BCUT2D eigenvalue weighted by Gasteiger charge is -2.40. The van der Waals surface area contributed by atoms with E-state index in [1.807, 2.05) is 0 Å². The van der Waals surface area contributed by atoms with E-state index >= 15 is 0 Å². The lowest BCUT2D eigenvalue weighted by atomic mass is 10.0. The monoisotopic (exact) mass is 286 g/mol. The summed E-state index contributed by atoms with van der Waals surface area (Å²) in [6.45, 7) is -1.03. The van der Waals surface area contributed by atoms with E-state index in [0.717, 1.165) is 0 Å². The van der Waals surface area contributed by atoms with Crippen LogP contribution in [0.25, 0.3) is 0 Å². The third-order valence-electron chi connectivity index (χ3n) is 3.21. The summed E-state index contributed by atoms with van der Waals surface area (Å²) in [5.74, 6) is 0.0789. The SMILES string of the molecule is OC[C@H](O)[C@H]1OC(c2ccc(O)cc2)O[C@H](CO)[C@H]1O.